The number of hydrogen-bond donors (Lipinski definition) is 1. The van der Waals surface area contributed by atoms with Gasteiger partial charge >= 0.3 is 0 Å². The lowest BCUT2D eigenvalue weighted by molar-refractivity contribution is 0.386. The Bertz CT molecular complexity index is 532. The van der Waals surface area contributed by atoms with Crippen molar-refractivity contribution in [2.45, 2.75) is 37.5 Å². The minimum absolute atomic E-state index is 0.219. The molecule has 1 heterocycles. The van der Waals surface area contributed by atoms with Gasteiger partial charge in [-0.25, -0.2) is 8.42 Å². The second kappa shape index (κ2) is 7.27. The number of nitrogens with two attached hydrogens (primary N) is 1. The van der Waals surface area contributed by atoms with Crippen molar-refractivity contribution < 1.29 is 8.42 Å². The minimum Gasteiger partial charge on any atom is -0.372 e. The number of piperidine rings is 1. The molecular formula is C16H26N2O2S. The van der Waals surface area contributed by atoms with Crippen molar-refractivity contribution >= 4 is 15.5 Å². The molecule has 1 fully saturated rings. The van der Waals surface area contributed by atoms with E-state index in [0.717, 1.165) is 37.7 Å². The number of anilines is 1. The van der Waals surface area contributed by atoms with Gasteiger partial charge in [0.25, 0.3) is 0 Å². The highest BCUT2D eigenvalue weighted by Crippen LogP contribution is 2.26. The fraction of sp³-hybridized carbons (Fsp3) is 0.625. The van der Waals surface area contributed by atoms with Crippen LogP contribution in [0.1, 0.15) is 32.6 Å². The maximum atomic E-state index is 12.0. The molecule has 0 atom stereocenters. The Hall–Kier alpha value is -1.07. The smallest absolute Gasteiger partial charge is 0.178 e. The molecule has 118 valence electrons. The highest BCUT2D eigenvalue weighted by Gasteiger charge is 2.19. The molecule has 2 N–H and O–H groups in total. The Balaban J connectivity index is 2.00. The molecule has 0 radical (unpaired) electrons. The molecule has 21 heavy (non-hydrogen) atoms. The third-order valence-electron chi connectivity index (χ3n) is 4.22. The van der Waals surface area contributed by atoms with Crippen LogP contribution in [0, 0.1) is 5.92 Å². The maximum absolute atomic E-state index is 12.0. The van der Waals surface area contributed by atoms with Crippen LogP contribution in [0.3, 0.4) is 0 Å². The van der Waals surface area contributed by atoms with Crippen molar-refractivity contribution in [3.8, 4) is 0 Å². The molecule has 1 aliphatic heterocycles. The van der Waals surface area contributed by atoms with E-state index in [9.17, 15) is 8.42 Å². The summed E-state index contributed by atoms with van der Waals surface area (Å²) >= 11 is 0. The van der Waals surface area contributed by atoms with Crippen LogP contribution in [0.2, 0.25) is 0 Å². The lowest BCUT2D eigenvalue weighted by atomic mass is 9.93. The van der Waals surface area contributed by atoms with E-state index < -0.39 is 9.84 Å². The summed E-state index contributed by atoms with van der Waals surface area (Å²) in [6.07, 6.45) is 4.11. The number of rotatable bonds is 6. The summed E-state index contributed by atoms with van der Waals surface area (Å²) in [6, 6.07) is 7.36. The second-order valence-electron chi connectivity index (χ2n) is 5.82. The van der Waals surface area contributed by atoms with Crippen LogP contribution in [0.5, 0.6) is 0 Å². The van der Waals surface area contributed by atoms with Gasteiger partial charge in [-0.2, -0.15) is 0 Å². The van der Waals surface area contributed by atoms with Crippen molar-refractivity contribution in [1.29, 1.82) is 0 Å². The van der Waals surface area contributed by atoms with E-state index in [-0.39, 0.29) is 5.75 Å². The van der Waals surface area contributed by atoms with E-state index in [0.29, 0.717) is 11.3 Å². The van der Waals surface area contributed by atoms with E-state index in [4.69, 9.17) is 5.73 Å². The zero-order valence-corrected chi connectivity index (χ0v) is 13.6. The van der Waals surface area contributed by atoms with Gasteiger partial charge in [0.15, 0.2) is 9.84 Å². The molecule has 1 aromatic rings. The Labute approximate surface area is 128 Å². The molecular weight excluding hydrogens is 284 g/mol. The zero-order chi connectivity index (χ0) is 15.3. The topological polar surface area (TPSA) is 63.4 Å². The molecule has 5 heteroatoms. The summed E-state index contributed by atoms with van der Waals surface area (Å²) in [5, 5.41) is 0. The lowest BCUT2D eigenvalue weighted by Gasteiger charge is -2.33. The Kier molecular flexibility index (Phi) is 5.65. The van der Waals surface area contributed by atoms with Gasteiger partial charge in [0.05, 0.1) is 10.6 Å². The van der Waals surface area contributed by atoms with Crippen molar-refractivity contribution in [1.82, 2.24) is 0 Å². The number of benzene rings is 1. The first-order chi connectivity index (χ1) is 10.1. The average Bonchev–Trinajstić information content (AvgIpc) is 2.48. The van der Waals surface area contributed by atoms with E-state index in [1.54, 1.807) is 12.1 Å². The third kappa shape index (κ3) is 4.20. The molecule has 0 aliphatic carbocycles. The predicted molar refractivity (Wildman–Crippen MR) is 87.4 cm³/mol. The Morgan fingerprint density at radius 3 is 2.33 bits per heavy atom. The fourth-order valence-electron chi connectivity index (χ4n) is 2.97. The largest absolute Gasteiger partial charge is 0.372 e. The van der Waals surface area contributed by atoms with Gasteiger partial charge in [0.1, 0.15) is 0 Å². The van der Waals surface area contributed by atoms with Crippen LogP contribution in [0.4, 0.5) is 5.69 Å². The SMILES string of the molecule is CCCS(=O)(=O)c1ccc(N2CCC(CCN)CC2)cc1. The first kappa shape index (κ1) is 16.3. The summed E-state index contributed by atoms with van der Waals surface area (Å²) in [7, 11) is -3.11. The molecule has 1 aliphatic rings. The third-order valence-corrected chi connectivity index (χ3v) is 6.16. The molecule has 0 spiro atoms. The van der Waals surface area contributed by atoms with Gasteiger partial charge < -0.3 is 10.6 Å². The van der Waals surface area contributed by atoms with E-state index in [1.165, 1.54) is 12.8 Å². The molecule has 0 unspecified atom stereocenters. The van der Waals surface area contributed by atoms with Crippen molar-refractivity contribution in [3.05, 3.63) is 24.3 Å². The van der Waals surface area contributed by atoms with Crippen molar-refractivity contribution in [3.63, 3.8) is 0 Å². The molecule has 0 saturated carbocycles. The molecule has 0 bridgehead atoms. The van der Waals surface area contributed by atoms with Gasteiger partial charge in [0, 0.05) is 18.8 Å². The molecule has 0 aromatic heterocycles. The summed E-state index contributed by atoms with van der Waals surface area (Å²) < 4.78 is 24.0. The first-order valence-electron chi connectivity index (χ1n) is 7.84. The summed E-state index contributed by atoms with van der Waals surface area (Å²) in [6.45, 7) is 4.73. The van der Waals surface area contributed by atoms with Crippen LogP contribution < -0.4 is 10.6 Å². The van der Waals surface area contributed by atoms with Crippen molar-refractivity contribution in [2.75, 3.05) is 30.3 Å². The molecule has 0 amide bonds. The monoisotopic (exact) mass is 310 g/mol. The van der Waals surface area contributed by atoms with E-state index in [2.05, 4.69) is 4.90 Å². The average molecular weight is 310 g/mol. The van der Waals surface area contributed by atoms with Crippen LogP contribution in [0.25, 0.3) is 0 Å². The van der Waals surface area contributed by atoms with Crippen LogP contribution in [0.15, 0.2) is 29.2 Å². The Morgan fingerprint density at radius 1 is 1.19 bits per heavy atom. The lowest BCUT2D eigenvalue weighted by Crippen LogP contribution is -2.34. The standard InChI is InChI=1S/C16H26N2O2S/c1-2-13-21(19,20)16-5-3-15(4-6-16)18-11-8-14(7-10-17)9-12-18/h3-6,14H,2,7-13,17H2,1H3. The van der Waals surface area contributed by atoms with Gasteiger partial charge in [-0.3, -0.25) is 0 Å². The molecule has 4 nitrogen and oxygen atoms in total. The van der Waals surface area contributed by atoms with Gasteiger partial charge in [-0.05, 0) is 62.4 Å². The van der Waals surface area contributed by atoms with Crippen LogP contribution >= 0.6 is 0 Å². The summed E-state index contributed by atoms with van der Waals surface area (Å²) in [5.74, 6) is 0.965. The molecule has 1 aromatic carbocycles. The second-order valence-corrected chi connectivity index (χ2v) is 7.93. The number of nitrogens with zero attached hydrogens (tertiary/aromatic N) is 1. The quantitative estimate of drug-likeness (QED) is 0.876. The Morgan fingerprint density at radius 2 is 1.81 bits per heavy atom. The van der Waals surface area contributed by atoms with Crippen molar-refractivity contribution in [2.24, 2.45) is 11.7 Å². The minimum atomic E-state index is -3.11. The van der Waals surface area contributed by atoms with E-state index >= 15 is 0 Å². The van der Waals surface area contributed by atoms with Gasteiger partial charge in [-0.15, -0.1) is 0 Å². The number of sulfone groups is 1. The summed E-state index contributed by atoms with van der Waals surface area (Å²) in [5.41, 5.74) is 6.74. The van der Waals surface area contributed by atoms with Gasteiger partial charge in [0.2, 0.25) is 0 Å². The predicted octanol–water partition coefficient (Wildman–Crippen LogP) is 2.44. The van der Waals surface area contributed by atoms with Gasteiger partial charge in [-0.1, -0.05) is 6.92 Å². The zero-order valence-electron chi connectivity index (χ0n) is 12.8. The highest BCUT2D eigenvalue weighted by atomic mass is 32.2. The summed E-state index contributed by atoms with van der Waals surface area (Å²) in [4.78, 5) is 2.77. The highest BCUT2D eigenvalue weighted by molar-refractivity contribution is 7.91. The van der Waals surface area contributed by atoms with E-state index in [1.807, 2.05) is 19.1 Å². The van der Waals surface area contributed by atoms with Crippen LogP contribution in [-0.2, 0) is 9.84 Å². The fourth-order valence-corrected chi connectivity index (χ4v) is 4.29. The maximum Gasteiger partial charge on any atom is 0.178 e. The molecule has 2 rings (SSSR count). The normalized spacial score (nSPS) is 17.1. The first-order valence-corrected chi connectivity index (χ1v) is 9.50. The number of hydrogen-bond acceptors (Lipinski definition) is 4. The molecule has 1 saturated heterocycles. The van der Waals surface area contributed by atoms with Crippen LogP contribution in [-0.4, -0.2) is 33.8 Å².